The van der Waals surface area contributed by atoms with Crippen LogP contribution in [0.2, 0.25) is 0 Å². The Morgan fingerprint density at radius 2 is 2.06 bits per heavy atom. The Hall–Kier alpha value is -0.870. The molecule has 0 radical (unpaired) electrons. The first kappa shape index (κ1) is 15.2. The average molecular weight is 268 g/mol. The van der Waals surface area contributed by atoms with Gasteiger partial charge < -0.3 is 10.6 Å². The van der Waals surface area contributed by atoms with Crippen molar-refractivity contribution in [1.82, 2.24) is 10.6 Å². The highest BCUT2D eigenvalue weighted by Gasteiger charge is 2.15. The number of hydrogen-bond donors (Lipinski definition) is 2. The Kier molecular flexibility index (Phi) is 6.36. The minimum absolute atomic E-state index is 0.0841. The monoisotopic (exact) mass is 268 g/mol. The quantitative estimate of drug-likeness (QED) is 0.797. The lowest BCUT2D eigenvalue weighted by Gasteiger charge is -2.19. The summed E-state index contributed by atoms with van der Waals surface area (Å²) in [6, 6.07) is 2.29. The van der Waals surface area contributed by atoms with E-state index < -0.39 is 0 Å². The zero-order valence-electron chi connectivity index (χ0n) is 11.7. The summed E-state index contributed by atoms with van der Waals surface area (Å²) in [7, 11) is 0. The van der Waals surface area contributed by atoms with Gasteiger partial charge >= 0.3 is 0 Å². The van der Waals surface area contributed by atoms with E-state index in [1.165, 1.54) is 5.56 Å². The van der Waals surface area contributed by atoms with Crippen LogP contribution >= 0.6 is 11.3 Å². The smallest absolute Gasteiger partial charge is 0.236 e. The molecule has 18 heavy (non-hydrogen) atoms. The molecule has 2 unspecified atom stereocenters. The average Bonchev–Trinajstić information content (AvgIpc) is 2.78. The lowest BCUT2D eigenvalue weighted by Crippen LogP contribution is -2.47. The van der Waals surface area contributed by atoms with Crippen molar-refractivity contribution in [3.05, 3.63) is 22.4 Å². The molecule has 2 atom stereocenters. The van der Waals surface area contributed by atoms with E-state index in [0.29, 0.717) is 12.0 Å². The Labute approximate surface area is 114 Å². The fourth-order valence-corrected chi connectivity index (χ4v) is 2.46. The number of rotatable bonds is 7. The summed E-state index contributed by atoms with van der Waals surface area (Å²) in [4.78, 5) is 11.8. The molecular weight excluding hydrogens is 244 g/mol. The lowest BCUT2D eigenvalue weighted by atomic mass is 10.1. The summed E-state index contributed by atoms with van der Waals surface area (Å²) in [6.45, 7) is 8.96. The standard InChI is InChI=1S/C14H24N2OS/c1-10(2)8-15-14(17)12(4)16-11(3)7-13-5-6-18-9-13/h5-6,9-12,16H,7-8H2,1-4H3,(H,15,17). The summed E-state index contributed by atoms with van der Waals surface area (Å²) in [6.07, 6.45) is 0.964. The summed E-state index contributed by atoms with van der Waals surface area (Å²) in [5.41, 5.74) is 1.33. The van der Waals surface area contributed by atoms with Gasteiger partial charge in [0.25, 0.3) is 0 Å². The number of nitrogens with one attached hydrogen (secondary N) is 2. The molecule has 0 aliphatic carbocycles. The highest BCUT2D eigenvalue weighted by atomic mass is 32.1. The first-order valence-electron chi connectivity index (χ1n) is 6.54. The molecule has 0 aliphatic rings. The summed E-state index contributed by atoms with van der Waals surface area (Å²) < 4.78 is 0. The minimum atomic E-state index is -0.141. The van der Waals surface area contributed by atoms with E-state index >= 15 is 0 Å². The number of carbonyl (C=O) groups excluding carboxylic acids is 1. The topological polar surface area (TPSA) is 41.1 Å². The molecule has 1 aromatic heterocycles. The molecule has 1 heterocycles. The second kappa shape index (κ2) is 7.54. The molecule has 4 heteroatoms. The largest absolute Gasteiger partial charge is 0.354 e. The van der Waals surface area contributed by atoms with Crippen LogP contribution in [0.4, 0.5) is 0 Å². The SMILES string of the molecule is CC(C)CNC(=O)C(C)NC(C)Cc1ccsc1. The van der Waals surface area contributed by atoms with Gasteiger partial charge in [-0.2, -0.15) is 11.3 Å². The third-order valence-corrected chi connectivity index (χ3v) is 3.47. The lowest BCUT2D eigenvalue weighted by molar-refractivity contribution is -0.123. The molecule has 1 aromatic rings. The van der Waals surface area contributed by atoms with Gasteiger partial charge in [-0.1, -0.05) is 13.8 Å². The first-order valence-corrected chi connectivity index (χ1v) is 7.48. The predicted molar refractivity (Wildman–Crippen MR) is 77.9 cm³/mol. The molecule has 0 spiro atoms. The van der Waals surface area contributed by atoms with Crippen LogP contribution in [-0.4, -0.2) is 24.5 Å². The number of thiophene rings is 1. The molecule has 0 fully saturated rings. The highest BCUT2D eigenvalue weighted by Crippen LogP contribution is 2.08. The molecule has 1 rings (SSSR count). The second-order valence-corrected chi connectivity index (χ2v) is 6.04. The van der Waals surface area contributed by atoms with Crippen molar-refractivity contribution in [2.24, 2.45) is 5.92 Å². The molecule has 0 aromatic carbocycles. The molecule has 0 saturated heterocycles. The van der Waals surface area contributed by atoms with Crippen LogP contribution in [0.5, 0.6) is 0 Å². The highest BCUT2D eigenvalue weighted by molar-refractivity contribution is 7.07. The van der Waals surface area contributed by atoms with Gasteiger partial charge in [0, 0.05) is 12.6 Å². The maximum Gasteiger partial charge on any atom is 0.236 e. The van der Waals surface area contributed by atoms with E-state index in [2.05, 4.69) is 48.2 Å². The summed E-state index contributed by atoms with van der Waals surface area (Å²) in [5.74, 6) is 0.574. The van der Waals surface area contributed by atoms with Gasteiger partial charge in [-0.05, 0) is 48.6 Å². The summed E-state index contributed by atoms with van der Waals surface area (Å²) in [5, 5.41) is 10.5. The van der Waals surface area contributed by atoms with Crippen molar-refractivity contribution in [2.45, 2.75) is 46.2 Å². The van der Waals surface area contributed by atoms with E-state index in [1.54, 1.807) is 11.3 Å². The van der Waals surface area contributed by atoms with E-state index in [0.717, 1.165) is 13.0 Å². The van der Waals surface area contributed by atoms with Crippen LogP contribution in [0, 0.1) is 5.92 Å². The van der Waals surface area contributed by atoms with Gasteiger partial charge in [0.2, 0.25) is 5.91 Å². The number of hydrogen-bond acceptors (Lipinski definition) is 3. The molecule has 1 amide bonds. The third kappa shape index (κ3) is 5.65. The molecule has 0 bridgehead atoms. The van der Waals surface area contributed by atoms with E-state index in [-0.39, 0.29) is 11.9 Å². The van der Waals surface area contributed by atoms with Crippen LogP contribution in [0.25, 0.3) is 0 Å². The normalized spacial score (nSPS) is 14.5. The van der Waals surface area contributed by atoms with E-state index in [4.69, 9.17) is 0 Å². The zero-order valence-corrected chi connectivity index (χ0v) is 12.5. The molecular formula is C14H24N2OS. The fourth-order valence-electron chi connectivity index (χ4n) is 1.78. The maximum atomic E-state index is 11.8. The van der Waals surface area contributed by atoms with Gasteiger partial charge in [0.1, 0.15) is 0 Å². The molecule has 2 N–H and O–H groups in total. The number of amides is 1. The molecule has 3 nitrogen and oxygen atoms in total. The maximum absolute atomic E-state index is 11.8. The van der Waals surface area contributed by atoms with E-state index in [1.807, 2.05) is 6.92 Å². The minimum Gasteiger partial charge on any atom is -0.354 e. The van der Waals surface area contributed by atoms with Crippen LogP contribution in [0.3, 0.4) is 0 Å². The van der Waals surface area contributed by atoms with Crippen molar-refractivity contribution in [3.63, 3.8) is 0 Å². The van der Waals surface area contributed by atoms with Crippen molar-refractivity contribution >= 4 is 17.2 Å². The Morgan fingerprint density at radius 3 is 2.61 bits per heavy atom. The summed E-state index contributed by atoms with van der Waals surface area (Å²) >= 11 is 1.71. The number of carbonyl (C=O) groups is 1. The molecule has 0 aliphatic heterocycles. The third-order valence-electron chi connectivity index (χ3n) is 2.73. The Bertz CT molecular complexity index is 349. The fraction of sp³-hybridized carbons (Fsp3) is 0.643. The van der Waals surface area contributed by atoms with Gasteiger partial charge in [0.15, 0.2) is 0 Å². The van der Waals surface area contributed by atoms with Crippen molar-refractivity contribution in [2.75, 3.05) is 6.54 Å². The van der Waals surface area contributed by atoms with Gasteiger partial charge in [0.05, 0.1) is 6.04 Å². The van der Waals surface area contributed by atoms with Crippen LogP contribution in [0.1, 0.15) is 33.3 Å². The van der Waals surface area contributed by atoms with Crippen molar-refractivity contribution < 1.29 is 4.79 Å². The van der Waals surface area contributed by atoms with Crippen LogP contribution < -0.4 is 10.6 Å². The zero-order chi connectivity index (χ0) is 13.5. The van der Waals surface area contributed by atoms with E-state index in [9.17, 15) is 4.79 Å². The van der Waals surface area contributed by atoms with Crippen LogP contribution in [-0.2, 0) is 11.2 Å². The molecule has 102 valence electrons. The van der Waals surface area contributed by atoms with Crippen LogP contribution in [0.15, 0.2) is 16.8 Å². The van der Waals surface area contributed by atoms with Crippen molar-refractivity contribution in [1.29, 1.82) is 0 Å². The Balaban J connectivity index is 2.30. The predicted octanol–water partition coefficient (Wildman–Crippen LogP) is 2.43. The second-order valence-electron chi connectivity index (χ2n) is 5.26. The molecule has 0 saturated carbocycles. The van der Waals surface area contributed by atoms with Crippen molar-refractivity contribution in [3.8, 4) is 0 Å². The Morgan fingerprint density at radius 1 is 1.33 bits per heavy atom. The van der Waals surface area contributed by atoms with Gasteiger partial charge in [-0.3, -0.25) is 4.79 Å². The van der Waals surface area contributed by atoms with Gasteiger partial charge in [-0.15, -0.1) is 0 Å². The van der Waals surface area contributed by atoms with Gasteiger partial charge in [-0.25, -0.2) is 0 Å². The first-order chi connectivity index (χ1) is 8.49.